The van der Waals surface area contributed by atoms with Crippen LogP contribution in [0.1, 0.15) is 17.6 Å². The molecule has 0 radical (unpaired) electrons. The summed E-state index contributed by atoms with van der Waals surface area (Å²) in [4.78, 5) is 16.8. The molecule has 26 heavy (non-hydrogen) atoms. The maximum Gasteiger partial charge on any atom is 0.142 e. The lowest BCUT2D eigenvalue weighted by Gasteiger charge is -2.37. The molecule has 0 atom stereocenters. The second-order valence-corrected chi connectivity index (χ2v) is 7.77. The van der Waals surface area contributed by atoms with Crippen molar-refractivity contribution < 1.29 is 4.74 Å². The van der Waals surface area contributed by atoms with Crippen LogP contribution in [0.15, 0.2) is 30.3 Å². The Hall–Kier alpha value is -2.34. The van der Waals surface area contributed by atoms with Gasteiger partial charge in [-0.3, -0.25) is 0 Å². The Labute approximate surface area is 158 Å². The van der Waals surface area contributed by atoms with E-state index in [9.17, 15) is 0 Å². The number of aryl methyl sites for hydroxylation is 2. The predicted molar refractivity (Wildman–Crippen MR) is 109 cm³/mol. The summed E-state index contributed by atoms with van der Waals surface area (Å²) >= 11 is 1.76. The lowest BCUT2D eigenvalue weighted by Crippen LogP contribution is -2.47. The van der Waals surface area contributed by atoms with Crippen molar-refractivity contribution in [2.75, 3.05) is 43.1 Å². The van der Waals surface area contributed by atoms with Crippen molar-refractivity contribution in [1.82, 2.24) is 9.97 Å². The van der Waals surface area contributed by atoms with E-state index in [-0.39, 0.29) is 0 Å². The molecule has 0 aliphatic carbocycles. The summed E-state index contributed by atoms with van der Waals surface area (Å²) in [6, 6.07) is 10.5. The SMILES string of the molecule is CCc1nc(N2CCN(c3ccccc3OC)CC2)c2cc(C)sc2n1. The summed E-state index contributed by atoms with van der Waals surface area (Å²) in [6.45, 7) is 8.06. The first-order chi connectivity index (χ1) is 12.7. The maximum atomic E-state index is 5.53. The summed E-state index contributed by atoms with van der Waals surface area (Å²) in [5, 5.41) is 1.19. The van der Waals surface area contributed by atoms with Crippen LogP contribution in [0.4, 0.5) is 11.5 Å². The normalized spacial score (nSPS) is 14.9. The zero-order valence-electron chi connectivity index (χ0n) is 15.5. The summed E-state index contributed by atoms with van der Waals surface area (Å²) in [7, 11) is 1.73. The minimum Gasteiger partial charge on any atom is -0.495 e. The van der Waals surface area contributed by atoms with Gasteiger partial charge in [-0.15, -0.1) is 11.3 Å². The summed E-state index contributed by atoms with van der Waals surface area (Å²) in [6.07, 6.45) is 0.862. The van der Waals surface area contributed by atoms with E-state index in [0.29, 0.717) is 0 Å². The third-order valence-corrected chi connectivity index (χ3v) is 5.81. The van der Waals surface area contributed by atoms with Crippen molar-refractivity contribution in [3.05, 3.63) is 41.0 Å². The zero-order chi connectivity index (χ0) is 18.1. The molecule has 1 aromatic carbocycles. The third-order valence-electron chi connectivity index (χ3n) is 4.86. The summed E-state index contributed by atoms with van der Waals surface area (Å²) in [5.74, 6) is 2.96. The molecule has 1 saturated heterocycles. The van der Waals surface area contributed by atoms with Gasteiger partial charge in [0.05, 0.1) is 18.2 Å². The predicted octanol–water partition coefficient (Wildman–Crippen LogP) is 3.90. The van der Waals surface area contributed by atoms with Crippen molar-refractivity contribution in [1.29, 1.82) is 0 Å². The molecule has 0 spiro atoms. The molecule has 6 heteroatoms. The van der Waals surface area contributed by atoms with Crippen LogP contribution < -0.4 is 14.5 Å². The molecule has 0 bridgehead atoms. The van der Waals surface area contributed by atoms with Crippen LogP contribution in [0.25, 0.3) is 10.2 Å². The second kappa shape index (κ2) is 7.11. The van der Waals surface area contributed by atoms with E-state index in [4.69, 9.17) is 14.7 Å². The van der Waals surface area contributed by atoms with Gasteiger partial charge in [0.25, 0.3) is 0 Å². The number of ether oxygens (including phenoxy) is 1. The Kier molecular flexibility index (Phi) is 4.68. The first-order valence-electron chi connectivity index (χ1n) is 9.09. The first kappa shape index (κ1) is 17.1. The van der Waals surface area contributed by atoms with Crippen LogP contribution in [-0.2, 0) is 6.42 Å². The number of thiophene rings is 1. The molecule has 2 aromatic heterocycles. The minimum absolute atomic E-state index is 0.862. The van der Waals surface area contributed by atoms with Crippen molar-refractivity contribution in [2.24, 2.45) is 0 Å². The second-order valence-electron chi connectivity index (χ2n) is 6.54. The van der Waals surface area contributed by atoms with Crippen molar-refractivity contribution in [3.63, 3.8) is 0 Å². The monoisotopic (exact) mass is 368 g/mol. The van der Waals surface area contributed by atoms with Crippen LogP contribution in [0.2, 0.25) is 0 Å². The summed E-state index contributed by atoms with van der Waals surface area (Å²) < 4.78 is 5.53. The van der Waals surface area contributed by atoms with E-state index >= 15 is 0 Å². The Morgan fingerprint density at radius 3 is 2.54 bits per heavy atom. The van der Waals surface area contributed by atoms with Gasteiger partial charge < -0.3 is 14.5 Å². The fourth-order valence-electron chi connectivity index (χ4n) is 3.52. The van der Waals surface area contributed by atoms with E-state index in [0.717, 1.165) is 54.8 Å². The van der Waals surface area contributed by atoms with Crippen LogP contribution in [0.5, 0.6) is 5.75 Å². The highest BCUT2D eigenvalue weighted by Crippen LogP contribution is 2.33. The number of benzene rings is 1. The van der Waals surface area contributed by atoms with Crippen LogP contribution >= 0.6 is 11.3 Å². The van der Waals surface area contributed by atoms with Gasteiger partial charge in [-0.2, -0.15) is 0 Å². The van der Waals surface area contributed by atoms with Gasteiger partial charge in [0, 0.05) is 37.5 Å². The molecule has 0 unspecified atom stereocenters. The lowest BCUT2D eigenvalue weighted by atomic mass is 10.2. The fourth-order valence-corrected chi connectivity index (χ4v) is 4.41. The molecule has 3 aromatic rings. The van der Waals surface area contributed by atoms with Crippen LogP contribution in [-0.4, -0.2) is 43.3 Å². The molecule has 1 fully saturated rings. The molecule has 4 rings (SSSR count). The van der Waals surface area contributed by atoms with Gasteiger partial charge in [0.2, 0.25) is 0 Å². The van der Waals surface area contributed by atoms with Gasteiger partial charge >= 0.3 is 0 Å². The van der Waals surface area contributed by atoms with E-state index in [2.05, 4.69) is 41.8 Å². The molecule has 0 amide bonds. The quantitative estimate of drug-likeness (QED) is 0.699. The first-order valence-corrected chi connectivity index (χ1v) is 9.91. The number of hydrogen-bond acceptors (Lipinski definition) is 6. The number of piperazine rings is 1. The maximum absolute atomic E-state index is 5.53. The highest BCUT2D eigenvalue weighted by molar-refractivity contribution is 7.18. The number of aromatic nitrogens is 2. The molecule has 1 aliphatic rings. The molecule has 5 nitrogen and oxygen atoms in total. The molecule has 1 aliphatic heterocycles. The standard InChI is InChI=1S/C20H24N4OS/c1-4-18-21-19(15-13-14(2)26-20(15)22-18)24-11-9-23(10-12-24)16-7-5-6-8-17(16)25-3/h5-8,13H,4,9-12H2,1-3H3. The van der Waals surface area contributed by atoms with E-state index < -0.39 is 0 Å². The molecule has 0 N–H and O–H groups in total. The van der Waals surface area contributed by atoms with Gasteiger partial charge in [-0.1, -0.05) is 19.1 Å². The Bertz CT molecular complexity index is 915. The number of anilines is 2. The van der Waals surface area contributed by atoms with Gasteiger partial charge in [-0.05, 0) is 25.1 Å². The largest absolute Gasteiger partial charge is 0.495 e. The Morgan fingerprint density at radius 1 is 1.08 bits per heavy atom. The molecular weight excluding hydrogens is 344 g/mol. The topological polar surface area (TPSA) is 41.5 Å². The zero-order valence-corrected chi connectivity index (χ0v) is 16.3. The number of methoxy groups -OCH3 is 1. The number of para-hydroxylation sites is 2. The number of hydrogen-bond donors (Lipinski definition) is 0. The van der Waals surface area contributed by atoms with Crippen LogP contribution in [0.3, 0.4) is 0 Å². The van der Waals surface area contributed by atoms with Crippen LogP contribution in [0, 0.1) is 6.92 Å². The summed E-state index contributed by atoms with van der Waals surface area (Å²) in [5.41, 5.74) is 1.17. The van der Waals surface area contributed by atoms with Gasteiger partial charge in [0.15, 0.2) is 0 Å². The average Bonchev–Trinajstić information content (AvgIpc) is 3.07. The molecule has 136 valence electrons. The van der Waals surface area contributed by atoms with Gasteiger partial charge in [0.1, 0.15) is 22.2 Å². The Balaban J connectivity index is 1.59. The third kappa shape index (κ3) is 3.09. The smallest absolute Gasteiger partial charge is 0.142 e. The van der Waals surface area contributed by atoms with Crippen molar-refractivity contribution in [2.45, 2.75) is 20.3 Å². The number of nitrogens with zero attached hydrogens (tertiary/aromatic N) is 4. The highest BCUT2D eigenvalue weighted by atomic mass is 32.1. The van der Waals surface area contributed by atoms with E-state index in [1.807, 2.05) is 12.1 Å². The molecular formula is C20H24N4OS. The van der Waals surface area contributed by atoms with Gasteiger partial charge in [-0.25, -0.2) is 9.97 Å². The Morgan fingerprint density at radius 2 is 1.81 bits per heavy atom. The number of rotatable bonds is 4. The number of fused-ring (bicyclic) bond motifs is 1. The fraction of sp³-hybridized carbons (Fsp3) is 0.400. The van der Waals surface area contributed by atoms with Crippen molar-refractivity contribution in [3.8, 4) is 5.75 Å². The molecule has 3 heterocycles. The average molecular weight is 369 g/mol. The van der Waals surface area contributed by atoms with E-state index in [1.165, 1.54) is 16.0 Å². The minimum atomic E-state index is 0.862. The highest BCUT2D eigenvalue weighted by Gasteiger charge is 2.23. The molecule has 0 saturated carbocycles. The van der Waals surface area contributed by atoms with E-state index in [1.54, 1.807) is 18.4 Å². The lowest BCUT2D eigenvalue weighted by molar-refractivity contribution is 0.413. The van der Waals surface area contributed by atoms with Crippen molar-refractivity contribution >= 4 is 33.1 Å².